The molecule has 3 aromatic rings. The first kappa shape index (κ1) is 18.7. The van der Waals surface area contributed by atoms with E-state index in [0.29, 0.717) is 23.6 Å². The summed E-state index contributed by atoms with van der Waals surface area (Å²) in [5.41, 5.74) is 1.86. The van der Waals surface area contributed by atoms with Crippen LogP contribution in [0.25, 0.3) is 0 Å². The lowest BCUT2D eigenvalue weighted by Gasteiger charge is -2.09. The van der Waals surface area contributed by atoms with Crippen molar-refractivity contribution >= 4 is 39.1 Å². The molecule has 3 rings (SSSR count). The third-order valence-corrected chi connectivity index (χ3v) is 4.24. The molecule has 0 aliphatic carbocycles. The predicted molar refractivity (Wildman–Crippen MR) is 108 cm³/mol. The number of hydrogen-bond acceptors (Lipinski definition) is 4. The van der Waals surface area contributed by atoms with Gasteiger partial charge in [0.2, 0.25) is 5.91 Å². The zero-order valence-electron chi connectivity index (χ0n) is 14.4. The van der Waals surface area contributed by atoms with E-state index in [2.05, 4.69) is 31.9 Å². The van der Waals surface area contributed by atoms with E-state index >= 15 is 0 Å². The van der Waals surface area contributed by atoms with Crippen molar-refractivity contribution in [2.45, 2.75) is 6.54 Å². The first-order chi connectivity index (χ1) is 13.1. The van der Waals surface area contributed by atoms with Crippen LogP contribution in [0.4, 0.5) is 11.4 Å². The second-order valence-electron chi connectivity index (χ2n) is 5.75. The van der Waals surface area contributed by atoms with Gasteiger partial charge in [-0.1, -0.05) is 22.0 Å². The van der Waals surface area contributed by atoms with Crippen molar-refractivity contribution in [1.82, 2.24) is 5.32 Å². The second-order valence-corrected chi connectivity index (χ2v) is 6.67. The molecule has 0 radical (unpaired) electrons. The number of amides is 2. The lowest BCUT2D eigenvalue weighted by molar-refractivity contribution is -0.114. The molecular formula is C20H18BrN3O3. The van der Waals surface area contributed by atoms with Crippen LogP contribution in [0.2, 0.25) is 0 Å². The summed E-state index contributed by atoms with van der Waals surface area (Å²) in [4.78, 5) is 24.4. The smallest absolute Gasteiger partial charge is 0.251 e. The minimum absolute atomic E-state index is 0.122. The average Bonchev–Trinajstić information content (AvgIpc) is 3.19. The van der Waals surface area contributed by atoms with Crippen LogP contribution in [0.3, 0.4) is 0 Å². The van der Waals surface area contributed by atoms with Crippen LogP contribution in [0.15, 0.2) is 75.8 Å². The van der Waals surface area contributed by atoms with Gasteiger partial charge in [-0.25, -0.2) is 0 Å². The molecule has 6 nitrogen and oxygen atoms in total. The SMILES string of the molecule is O=C(CNc1ccc(Br)cc1)Nc1cccc(C(=O)NCc2ccco2)c1. The van der Waals surface area contributed by atoms with Crippen molar-refractivity contribution < 1.29 is 14.0 Å². The van der Waals surface area contributed by atoms with Gasteiger partial charge in [-0.2, -0.15) is 0 Å². The largest absolute Gasteiger partial charge is 0.467 e. The first-order valence-corrected chi connectivity index (χ1v) is 9.09. The molecule has 0 aliphatic heterocycles. The van der Waals surface area contributed by atoms with Gasteiger partial charge < -0.3 is 20.4 Å². The third kappa shape index (κ3) is 5.72. The molecule has 0 unspecified atom stereocenters. The van der Waals surface area contributed by atoms with E-state index in [4.69, 9.17) is 4.42 Å². The summed E-state index contributed by atoms with van der Waals surface area (Å²) in [5.74, 6) is 0.230. The van der Waals surface area contributed by atoms with Crippen molar-refractivity contribution in [1.29, 1.82) is 0 Å². The van der Waals surface area contributed by atoms with Gasteiger partial charge in [0.05, 0.1) is 19.4 Å². The molecule has 7 heteroatoms. The molecule has 138 valence electrons. The van der Waals surface area contributed by atoms with Gasteiger partial charge in [-0.05, 0) is 54.6 Å². The molecule has 0 bridgehead atoms. The van der Waals surface area contributed by atoms with Crippen molar-refractivity contribution in [3.05, 3.63) is 82.7 Å². The Morgan fingerprint density at radius 3 is 2.52 bits per heavy atom. The van der Waals surface area contributed by atoms with Crippen molar-refractivity contribution in [3.8, 4) is 0 Å². The van der Waals surface area contributed by atoms with Crippen LogP contribution in [-0.4, -0.2) is 18.4 Å². The fourth-order valence-corrected chi connectivity index (χ4v) is 2.64. The van der Waals surface area contributed by atoms with Crippen LogP contribution < -0.4 is 16.0 Å². The third-order valence-electron chi connectivity index (χ3n) is 3.71. The van der Waals surface area contributed by atoms with Gasteiger partial charge in [0.1, 0.15) is 5.76 Å². The highest BCUT2D eigenvalue weighted by molar-refractivity contribution is 9.10. The van der Waals surface area contributed by atoms with Crippen molar-refractivity contribution in [2.24, 2.45) is 0 Å². The Labute approximate surface area is 165 Å². The minimum Gasteiger partial charge on any atom is -0.467 e. The lowest BCUT2D eigenvalue weighted by Crippen LogP contribution is -2.24. The standard InChI is InChI=1S/C20H18BrN3O3/c21-15-6-8-16(9-7-15)22-13-19(25)24-17-4-1-3-14(11-17)20(26)23-12-18-5-2-10-27-18/h1-11,22H,12-13H2,(H,23,26)(H,24,25). The summed E-state index contributed by atoms with van der Waals surface area (Å²) in [6.45, 7) is 0.427. The fraction of sp³-hybridized carbons (Fsp3) is 0.100. The minimum atomic E-state index is -0.240. The van der Waals surface area contributed by atoms with Gasteiger partial charge in [0.15, 0.2) is 0 Å². The Balaban J connectivity index is 1.52. The summed E-state index contributed by atoms with van der Waals surface area (Å²) in [6, 6.07) is 17.9. The Bertz CT molecular complexity index is 908. The molecular weight excluding hydrogens is 410 g/mol. The van der Waals surface area contributed by atoms with Crippen LogP contribution in [0.5, 0.6) is 0 Å². The molecule has 0 aliphatic rings. The van der Waals surface area contributed by atoms with Crippen LogP contribution >= 0.6 is 15.9 Å². The van der Waals surface area contributed by atoms with E-state index < -0.39 is 0 Å². The van der Waals surface area contributed by atoms with Gasteiger partial charge in [-0.15, -0.1) is 0 Å². The number of nitrogens with one attached hydrogen (secondary N) is 3. The van der Waals surface area contributed by atoms with Gasteiger partial charge in [0.25, 0.3) is 5.91 Å². The molecule has 0 saturated heterocycles. The van der Waals surface area contributed by atoms with Crippen LogP contribution in [0, 0.1) is 0 Å². The Morgan fingerprint density at radius 1 is 0.963 bits per heavy atom. The number of rotatable bonds is 7. The molecule has 0 atom stereocenters. The monoisotopic (exact) mass is 427 g/mol. The zero-order valence-corrected chi connectivity index (χ0v) is 16.0. The van der Waals surface area contributed by atoms with Gasteiger partial charge >= 0.3 is 0 Å². The van der Waals surface area contributed by atoms with Crippen LogP contribution in [-0.2, 0) is 11.3 Å². The van der Waals surface area contributed by atoms with Gasteiger partial charge in [-0.3, -0.25) is 9.59 Å². The maximum atomic E-state index is 12.2. The quantitative estimate of drug-likeness (QED) is 0.531. The maximum Gasteiger partial charge on any atom is 0.251 e. The fourth-order valence-electron chi connectivity index (χ4n) is 2.38. The summed E-state index contributed by atoms with van der Waals surface area (Å²) < 4.78 is 6.16. The zero-order chi connectivity index (χ0) is 19.1. The second kappa shape index (κ2) is 9.05. The molecule has 27 heavy (non-hydrogen) atoms. The summed E-state index contributed by atoms with van der Waals surface area (Å²) in [7, 11) is 0. The summed E-state index contributed by atoms with van der Waals surface area (Å²) in [5, 5.41) is 8.59. The lowest BCUT2D eigenvalue weighted by atomic mass is 10.2. The number of benzene rings is 2. The molecule has 3 N–H and O–H groups in total. The average molecular weight is 428 g/mol. The van der Waals surface area contributed by atoms with E-state index in [9.17, 15) is 9.59 Å². The molecule has 1 aromatic heterocycles. The van der Waals surface area contributed by atoms with E-state index in [1.54, 1.807) is 42.7 Å². The van der Waals surface area contributed by atoms with Gasteiger partial charge in [0, 0.05) is 21.4 Å². The highest BCUT2D eigenvalue weighted by atomic mass is 79.9. The summed E-state index contributed by atoms with van der Waals surface area (Å²) in [6.07, 6.45) is 1.56. The molecule has 0 fully saturated rings. The normalized spacial score (nSPS) is 10.3. The highest BCUT2D eigenvalue weighted by Crippen LogP contribution is 2.14. The first-order valence-electron chi connectivity index (χ1n) is 8.30. The number of carbonyl (C=O) groups is 2. The Kier molecular flexibility index (Phi) is 6.27. The van der Waals surface area contributed by atoms with E-state index in [0.717, 1.165) is 10.2 Å². The Hall–Kier alpha value is -3.06. The van der Waals surface area contributed by atoms with Crippen molar-refractivity contribution in [3.63, 3.8) is 0 Å². The Morgan fingerprint density at radius 2 is 1.78 bits per heavy atom. The molecule has 0 saturated carbocycles. The van der Waals surface area contributed by atoms with Crippen LogP contribution in [0.1, 0.15) is 16.1 Å². The molecule has 2 amide bonds. The number of anilines is 2. The summed E-state index contributed by atoms with van der Waals surface area (Å²) >= 11 is 3.37. The molecule has 1 heterocycles. The molecule has 2 aromatic carbocycles. The predicted octanol–water partition coefficient (Wildman–Crippen LogP) is 4.02. The maximum absolute atomic E-state index is 12.2. The van der Waals surface area contributed by atoms with E-state index in [1.165, 1.54) is 0 Å². The van der Waals surface area contributed by atoms with E-state index in [-0.39, 0.29) is 18.4 Å². The highest BCUT2D eigenvalue weighted by Gasteiger charge is 2.08. The molecule has 0 spiro atoms. The van der Waals surface area contributed by atoms with E-state index in [1.807, 2.05) is 24.3 Å². The number of furan rings is 1. The number of hydrogen-bond donors (Lipinski definition) is 3. The topological polar surface area (TPSA) is 83.4 Å². The number of carbonyl (C=O) groups excluding carboxylic acids is 2. The van der Waals surface area contributed by atoms with Crippen molar-refractivity contribution in [2.75, 3.05) is 17.2 Å². The number of halogens is 1.